The summed E-state index contributed by atoms with van der Waals surface area (Å²) in [7, 11) is 1.13. The normalized spacial score (nSPS) is 12.2. The molecule has 0 aliphatic heterocycles. The van der Waals surface area contributed by atoms with E-state index in [4.69, 9.17) is 9.47 Å². The lowest BCUT2D eigenvalue weighted by Gasteiger charge is -2.24. The summed E-state index contributed by atoms with van der Waals surface area (Å²) in [6.07, 6.45) is -3.08. The molecule has 26 heavy (non-hydrogen) atoms. The Morgan fingerprint density at radius 3 is 2.19 bits per heavy atom. The van der Waals surface area contributed by atoms with E-state index < -0.39 is 29.1 Å². The van der Waals surface area contributed by atoms with E-state index in [0.717, 1.165) is 25.6 Å². The van der Waals surface area contributed by atoms with E-state index >= 15 is 0 Å². The monoisotopic (exact) mass is 369 g/mol. The van der Waals surface area contributed by atoms with Crippen LogP contribution in [0.1, 0.15) is 45.4 Å². The van der Waals surface area contributed by atoms with Crippen LogP contribution in [0.2, 0.25) is 0 Å². The van der Waals surface area contributed by atoms with Crippen molar-refractivity contribution in [2.75, 3.05) is 7.11 Å². The first-order valence-electron chi connectivity index (χ1n) is 8.23. The van der Waals surface area contributed by atoms with Crippen molar-refractivity contribution >= 4 is 0 Å². The number of aromatic nitrogens is 3. The average Bonchev–Trinajstić information content (AvgIpc) is 2.52. The quantitative estimate of drug-likeness (QED) is 0.765. The van der Waals surface area contributed by atoms with Crippen LogP contribution in [0.5, 0.6) is 11.8 Å². The molecule has 0 atom stereocenters. The number of hydrogen-bond donors (Lipinski definition) is 0. The molecule has 0 aliphatic carbocycles. The maximum atomic E-state index is 13.5. The molecule has 2 rings (SSSR count). The van der Waals surface area contributed by atoms with Crippen LogP contribution in [0.25, 0.3) is 11.5 Å². The molecule has 5 nitrogen and oxygen atoms in total. The molecule has 0 saturated heterocycles. The smallest absolute Gasteiger partial charge is 0.426 e. The van der Waals surface area contributed by atoms with E-state index in [-0.39, 0.29) is 5.82 Å². The van der Waals surface area contributed by atoms with Gasteiger partial charge in [-0.2, -0.15) is 23.1 Å². The minimum atomic E-state index is -4.72. The molecule has 0 fully saturated rings. The molecule has 8 heteroatoms. The standard InChI is InChI=1S/C18H22F3N3O2/c1-6-8-11-9-7-10-12(22-11)14-23-15(25-5)13(18(19,20)21)16(24-14)26-17(2,3)4/h7,9-10H,6,8H2,1-5H3. The van der Waals surface area contributed by atoms with Crippen LogP contribution in [0.4, 0.5) is 13.2 Å². The van der Waals surface area contributed by atoms with Gasteiger partial charge < -0.3 is 9.47 Å². The third kappa shape index (κ3) is 4.83. The number of methoxy groups -OCH3 is 1. The van der Waals surface area contributed by atoms with Crippen LogP contribution in [0, 0.1) is 0 Å². The van der Waals surface area contributed by atoms with Crippen molar-refractivity contribution in [2.24, 2.45) is 0 Å². The Hall–Kier alpha value is -2.38. The van der Waals surface area contributed by atoms with E-state index in [0.29, 0.717) is 5.69 Å². The summed E-state index contributed by atoms with van der Waals surface area (Å²) in [5.41, 5.74) is -0.843. The molecule has 0 radical (unpaired) electrons. The molecule has 0 bridgehead atoms. The Labute approximate surface area is 150 Å². The van der Waals surface area contributed by atoms with Gasteiger partial charge in [0, 0.05) is 5.69 Å². The molecule has 0 spiro atoms. The van der Waals surface area contributed by atoms with Gasteiger partial charge in [-0.05, 0) is 39.3 Å². The van der Waals surface area contributed by atoms with Gasteiger partial charge in [0.05, 0.1) is 7.11 Å². The van der Waals surface area contributed by atoms with E-state index in [2.05, 4.69) is 15.0 Å². The molecule has 0 amide bonds. The Morgan fingerprint density at radius 2 is 1.65 bits per heavy atom. The SMILES string of the molecule is CCCc1cccc(-c2nc(OC)c(C(F)(F)F)c(OC(C)(C)C)n2)n1. The van der Waals surface area contributed by atoms with Crippen molar-refractivity contribution in [1.29, 1.82) is 0 Å². The Bertz CT molecular complexity index is 771. The summed E-state index contributed by atoms with van der Waals surface area (Å²) < 4.78 is 50.9. The van der Waals surface area contributed by atoms with Gasteiger partial charge >= 0.3 is 6.18 Å². The fourth-order valence-electron chi connectivity index (χ4n) is 2.29. The number of aryl methyl sites for hydroxylation is 1. The summed E-state index contributed by atoms with van der Waals surface area (Å²) >= 11 is 0. The molecule has 2 aromatic rings. The summed E-state index contributed by atoms with van der Waals surface area (Å²) in [5, 5.41) is 0. The van der Waals surface area contributed by atoms with Gasteiger partial charge in [-0.15, -0.1) is 0 Å². The molecule has 0 N–H and O–H groups in total. The second-order valence-electron chi connectivity index (χ2n) is 6.71. The van der Waals surface area contributed by atoms with Gasteiger partial charge in [0.15, 0.2) is 11.4 Å². The largest absolute Gasteiger partial charge is 0.480 e. The lowest BCUT2D eigenvalue weighted by Crippen LogP contribution is -2.26. The fraction of sp³-hybridized carbons (Fsp3) is 0.500. The molecule has 142 valence electrons. The summed E-state index contributed by atoms with van der Waals surface area (Å²) in [6, 6.07) is 5.26. The molecule has 0 aliphatic rings. The van der Waals surface area contributed by atoms with Gasteiger partial charge in [0.2, 0.25) is 11.8 Å². The third-order valence-electron chi connectivity index (χ3n) is 3.26. The number of nitrogens with zero attached hydrogens (tertiary/aromatic N) is 3. The van der Waals surface area contributed by atoms with Gasteiger partial charge in [-0.25, -0.2) is 4.98 Å². The van der Waals surface area contributed by atoms with Crippen molar-refractivity contribution in [3.05, 3.63) is 29.5 Å². The molecule has 2 heterocycles. The summed E-state index contributed by atoms with van der Waals surface area (Å²) in [4.78, 5) is 12.4. The van der Waals surface area contributed by atoms with Crippen LogP contribution in [-0.2, 0) is 12.6 Å². The van der Waals surface area contributed by atoms with Crippen molar-refractivity contribution in [1.82, 2.24) is 15.0 Å². The maximum absolute atomic E-state index is 13.5. The number of rotatable bonds is 5. The third-order valence-corrected chi connectivity index (χ3v) is 3.26. The first kappa shape index (κ1) is 19.9. The maximum Gasteiger partial charge on any atom is 0.426 e. The van der Waals surface area contributed by atoms with E-state index in [1.54, 1.807) is 32.9 Å². The Morgan fingerprint density at radius 1 is 1.00 bits per heavy atom. The first-order valence-corrected chi connectivity index (χ1v) is 8.23. The van der Waals surface area contributed by atoms with Crippen molar-refractivity contribution in [3.63, 3.8) is 0 Å². The van der Waals surface area contributed by atoms with Crippen LogP contribution in [0.15, 0.2) is 18.2 Å². The van der Waals surface area contributed by atoms with Gasteiger partial charge in [-0.1, -0.05) is 19.4 Å². The highest BCUT2D eigenvalue weighted by Gasteiger charge is 2.42. The predicted octanol–water partition coefficient (Wildman–Crippen LogP) is 4.70. The topological polar surface area (TPSA) is 57.1 Å². The fourth-order valence-corrected chi connectivity index (χ4v) is 2.29. The zero-order valence-electron chi connectivity index (χ0n) is 15.4. The Kier molecular flexibility index (Phi) is 5.73. The van der Waals surface area contributed by atoms with Crippen LogP contribution in [-0.4, -0.2) is 27.7 Å². The molecule has 0 saturated carbocycles. The second kappa shape index (κ2) is 7.47. The van der Waals surface area contributed by atoms with Crippen LogP contribution >= 0.6 is 0 Å². The number of halogens is 3. The van der Waals surface area contributed by atoms with Crippen LogP contribution in [0.3, 0.4) is 0 Å². The zero-order chi connectivity index (χ0) is 19.5. The lowest BCUT2D eigenvalue weighted by molar-refractivity contribution is -0.141. The molecular weight excluding hydrogens is 347 g/mol. The van der Waals surface area contributed by atoms with Crippen LogP contribution < -0.4 is 9.47 Å². The number of pyridine rings is 1. The second-order valence-corrected chi connectivity index (χ2v) is 6.71. The zero-order valence-corrected chi connectivity index (χ0v) is 15.4. The predicted molar refractivity (Wildman–Crippen MR) is 91.2 cm³/mol. The number of alkyl halides is 3. The molecular formula is C18H22F3N3O2. The highest BCUT2D eigenvalue weighted by atomic mass is 19.4. The minimum absolute atomic E-state index is 0.0204. The summed E-state index contributed by atoms with van der Waals surface area (Å²) in [6.45, 7) is 6.94. The van der Waals surface area contributed by atoms with Crippen molar-refractivity contribution in [3.8, 4) is 23.3 Å². The van der Waals surface area contributed by atoms with E-state index in [9.17, 15) is 13.2 Å². The van der Waals surface area contributed by atoms with E-state index in [1.165, 1.54) is 0 Å². The van der Waals surface area contributed by atoms with Crippen molar-refractivity contribution < 1.29 is 22.6 Å². The molecule has 0 unspecified atom stereocenters. The Balaban J connectivity index is 2.65. The highest BCUT2D eigenvalue weighted by molar-refractivity contribution is 5.54. The average molecular weight is 369 g/mol. The number of hydrogen-bond acceptors (Lipinski definition) is 5. The van der Waals surface area contributed by atoms with E-state index in [1.807, 2.05) is 13.0 Å². The minimum Gasteiger partial charge on any atom is -0.480 e. The van der Waals surface area contributed by atoms with Crippen molar-refractivity contribution in [2.45, 2.75) is 52.3 Å². The van der Waals surface area contributed by atoms with Gasteiger partial charge in [0.1, 0.15) is 11.3 Å². The summed E-state index contributed by atoms with van der Waals surface area (Å²) in [5.74, 6) is -1.15. The lowest BCUT2D eigenvalue weighted by atomic mass is 10.2. The van der Waals surface area contributed by atoms with Gasteiger partial charge in [0.25, 0.3) is 0 Å². The molecule has 0 aromatic carbocycles. The highest BCUT2D eigenvalue weighted by Crippen LogP contribution is 2.42. The number of ether oxygens (including phenoxy) is 2. The van der Waals surface area contributed by atoms with Gasteiger partial charge in [-0.3, -0.25) is 0 Å². The molecule has 2 aromatic heterocycles. The first-order chi connectivity index (χ1) is 12.0.